The number of carbonyl (C=O) groups excluding carboxylic acids is 1. The number of ether oxygens (including phenoxy) is 2. The predicted molar refractivity (Wildman–Crippen MR) is 117 cm³/mol. The molecule has 1 aromatic heterocycles. The van der Waals surface area contributed by atoms with E-state index >= 15 is 0 Å². The van der Waals surface area contributed by atoms with Crippen molar-refractivity contribution in [2.75, 3.05) is 6.61 Å². The molecule has 4 rings (SSSR count). The van der Waals surface area contributed by atoms with Crippen molar-refractivity contribution in [3.63, 3.8) is 0 Å². The van der Waals surface area contributed by atoms with E-state index in [1.54, 1.807) is 49.4 Å². The molecule has 0 aliphatic heterocycles. The van der Waals surface area contributed by atoms with Crippen molar-refractivity contribution in [1.29, 1.82) is 0 Å². The molecule has 32 heavy (non-hydrogen) atoms. The standard InChI is InChI=1S/C23H17N3O6/c1-2-31-20-13-15(21-24-18-6-4-3-5-17(18)22(27)25-21)9-12-19(20)32-23(28)14-7-10-16(11-8-14)26(29)30/h3-13H,2H2,1H3,(H,24,25,27). The highest BCUT2D eigenvalue weighted by molar-refractivity contribution is 5.91. The van der Waals surface area contributed by atoms with Crippen molar-refractivity contribution in [3.05, 3.63) is 92.8 Å². The summed E-state index contributed by atoms with van der Waals surface area (Å²) in [7, 11) is 0. The Bertz CT molecular complexity index is 1380. The Labute approximate surface area is 181 Å². The lowest BCUT2D eigenvalue weighted by Gasteiger charge is -2.12. The number of hydrogen-bond acceptors (Lipinski definition) is 7. The highest BCUT2D eigenvalue weighted by Gasteiger charge is 2.16. The average molecular weight is 431 g/mol. The number of carbonyl (C=O) groups is 1. The number of nitrogens with one attached hydrogen (secondary N) is 1. The van der Waals surface area contributed by atoms with Crippen molar-refractivity contribution in [2.45, 2.75) is 6.92 Å². The Kier molecular flexibility index (Phi) is 5.63. The van der Waals surface area contributed by atoms with Gasteiger partial charge >= 0.3 is 5.97 Å². The van der Waals surface area contributed by atoms with Crippen LogP contribution >= 0.6 is 0 Å². The lowest BCUT2D eigenvalue weighted by Crippen LogP contribution is -2.11. The monoisotopic (exact) mass is 431 g/mol. The molecule has 160 valence electrons. The molecule has 0 unspecified atom stereocenters. The van der Waals surface area contributed by atoms with Crippen LogP contribution in [0.15, 0.2) is 71.5 Å². The van der Waals surface area contributed by atoms with Crippen LogP contribution in [-0.2, 0) is 0 Å². The fraction of sp³-hybridized carbons (Fsp3) is 0.0870. The number of nitrogens with zero attached hydrogens (tertiary/aromatic N) is 2. The third-order valence-corrected chi connectivity index (χ3v) is 4.65. The number of esters is 1. The van der Waals surface area contributed by atoms with Gasteiger partial charge in [-0.25, -0.2) is 9.78 Å². The topological polar surface area (TPSA) is 124 Å². The van der Waals surface area contributed by atoms with Crippen LogP contribution in [0.4, 0.5) is 5.69 Å². The van der Waals surface area contributed by atoms with Crippen LogP contribution in [0.2, 0.25) is 0 Å². The molecule has 0 saturated carbocycles. The third kappa shape index (κ3) is 4.17. The van der Waals surface area contributed by atoms with E-state index in [0.29, 0.717) is 28.9 Å². The minimum atomic E-state index is -0.689. The molecule has 9 heteroatoms. The minimum Gasteiger partial charge on any atom is -0.490 e. The molecule has 0 aliphatic rings. The van der Waals surface area contributed by atoms with E-state index < -0.39 is 10.9 Å². The first-order valence-corrected chi connectivity index (χ1v) is 9.69. The van der Waals surface area contributed by atoms with Crippen molar-refractivity contribution >= 4 is 22.6 Å². The Morgan fingerprint density at radius 3 is 2.53 bits per heavy atom. The summed E-state index contributed by atoms with van der Waals surface area (Å²) in [4.78, 5) is 42.3. The third-order valence-electron chi connectivity index (χ3n) is 4.65. The number of aromatic amines is 1. The van der Waals surface area contributed by atoms with Gasteiger partial charge < -0.3 is 14.5 Å². The van der Waals surface area contributed by atoms with Crippen LogP contribution in [0.3, 0.4) is 0 Å². The van der Waals surface area contributed by atoms with E-state index in [0.717, 1.165) is 0 Å². The maximum atomic E-state index is 12.5. The first-order chi connectivity index (χ1) is 15.5. The molecule has 0 radical (unpaired) electrons. The second-order valence-electron chi connectivity index (χ2n) is 6.72. The number of benzene rings is 3. The quantitative estimate of drug-likeness (QED) is 0.211. The normalized spacial score (nSPS) is 10.7. The van der Waals surface area contributed by atoms with Crippen LogP contribution in [0, 0.1) is 10.1 Å². The molecule has 0 bridgehead atoms. The van der Waals surface area contributed by atoms with Crippen molar-refractivity contribution in [3.8, 4) is 22.9 Å². The van der Waals surface area contributed by atoms with Crippen molar-refractivity contribution in [1.82, 2.24) is 9.97 Å². The molecule has 1 heterocycles. The van der Waals surface area contributed by atoms with Crippen LogP contribution in [0.1, 0.15) is 17.3 Å². The van der Waals surface area contributed by atoms with Gasteiger partial charge in [-0.2, -0.15) is 0 Å². The fourth-order valence-electron chi connectivity index (χ4n) is 3.11. The van der Waals surface area contributed by atoms with Gasteiger partial charge in [-0.05, 0) is 49.4 Å². The number of fused-ring (bicyclic) bond motifs is 1. The van der Waals surface area contributed by atoms with Gasteiger partial charge in [0.15, 0.2) is 11.5 Å². The molecule has 0 spiro atoms. The zero-order chi connectivity index (χ0) is 22.7. The maximum Gasteiger partial charge on any atom is 0.343 e. The average Bonchev–Trinajstić information content (AvgIpc) is 2.80. The van der Waals surface area contributed by atoms with Gasteiger partial charge in [0, 0.05) is 17.7 Å². The number of hydrogen-bond donors (Lipinski definition) is 1. The predicted octanol–water partition coefficient (Wildman–Crippen LogP) is 4.12. The highest BCUT2D eigenvalue weighted by atomic mass is 16.6. The summed E-state index contributed by atoms with van der Waals surface area (Å²) in [5.74, 6) is 0.117. The van der Waals surface area contributed by atoms with E-state index in [-0.39, 0.29) is 28.3 Å². The number of aromatic nitrogens is 2. The molecule has 0 aliphatic carbocycles. The number of H-pyrrole nitrogens is 1. The van der Waals surface area contributed by atoms with Gasteiger partial charge in [0.05, 0.1) is 28.0 Å². The molecule has 0 fully saturated rings. The molecule has 1 N–H and O–H groups in total. The van der Waals surface area contributed by atoms with Crippen molar-refractivity contribution < 1.29 is 19.2 Å². The zero-order valence-electron chi connectivity index (χ0n) is 16.9. The highest BCUT2D eigenvalue weighted by Crippen LogP contribution is 2.32. The molecule has 4 aromatic rings. The second-order valence-corrected chi connectivity index (χ2v) is 6.72. The summed E-state index contributed by atoms with van der Waals surface area (Å²) in [5, 5.41) is 11.3. The van der Waals surface area contributed by atoms with Gasteiger partial charge in [0.25, 0.3) is 11.2 Å². The maximum absolute atomic E-state index is 12.5. The Balaban J connectivity index is 1.65. The van der Waals surface area contributed by atoms with Crippen LogP contribution in [-0.4, -0.2) is 27.5 Å². The van der Waals surface area contributed by atoms with E-state index in [2.05, 4.69) is 9.97 Å². The van der Waals surface area contributed by atoms with Gasteiger partial charge in [0.1, 0.15) is 5.82 Å². The van der Waals surface area contributed by atoms with Gasteiger partial charge in [-0.15, -0.1) is 0 Å². The van der Waals surface area contributed by atoms with Crippen molar-refractivity contribution in [2.24, 2.45) is 0 Å². The van der Waals surface area contributed by atoms with Crippen LogP contribution in [0.5, 0.6) is 11.5 Å². The summed E-state index contributed by atoms with van der Waals surface area (Å²) in [6, 6.07) is 16.9. The van der Waals surface area contributed by atoms with Crippen LogP contribution in [0.25, 0.3) is 22.3 Å². The van der Waals surface area contributed by atoms with Crippen LogP contribution < -0.4 is 15.0 Å². The largest absolute Gasteiger partial charge is 0.490 e. The lowest BCUT2D eigenvalue weighted by atomic mass is 10.1. The summed E-state index contributed by atoms with van der Waals surface area (Å²) >= 11 is 0. The summed E-state index contributed by atoms with van der Waals surface area (Å²) in [5.41, 5.74) is 0.891. The molecule has 0 amide bonds. The summed E-state index contributed by atoms with van der Waals surface area (Å²) in [6.07, 6.45) is 0. The Hall–Kier alpha value is -4.53. The SMILES string of the molecule is CCOc1cc(-c2nc3ccccc3c(=O)[nH]2)ccc1OC(=O)c1ccc([N+](=O)[O-])cc1. The lowest BCUT2D eigenvalue weighted by molar-refractivity contribution is -0.384. The van der Waals surface area contributed by atoms with E-state index in [1.165, 1.54) is 24.3 Å². The second kappa shape index (κ2) is 8.68. The first kappa shape index (κ1) is 20.7. The minimum absolute atomic E-state index is 0.127. The molecular weight excluding hydrogens is 414 g/mol. The molecule has 3 aromatic carbocycles. The number of nitro groups is 1. The number of rotatable bonds is 6. The molecular formula is C23H17N3O6. The van der Waals surface area contributed by atoms with E-state index in [9.17, 15) is 19.7 Å². The molecule has 0 saturated heterocycles. The van der Waals surface area contributed by atoms with Gasteiger partial charge in [0.2, 0.25) is 0 Å². The number of non-ortho nitro benzene ring substituents is 1. The zero-order valence-corrected chi connectivity index (χ0v) is 16.9. The smallest absolute Gasteiger partial charge is 0.343 e. The fourth-order valence-corrected chi connectivity index (χ4v) is 3.11. The van der Waals surface area contributed by atoms with E-state index in [4.69, 9.17) is 9.47 Å². The number of nitro benzene ring substituents is 1. The summed E-state index contributed by atoms with van der Waals surface area (Å²) < 4.78 is 11.1. The molecule has 9 nitrogen and oxygen atoms in total. The van der Waals surface area contributed by atoms with Gasteiger partial charge in [-0.1, -0.05) is 12.1 Å². The number of para-hydroxylation sites is 1. The summed E-state index contributed by atoms with van der Waals surface area (Å²) in [6.45, 7) is 2.10. The Morgan fingerprint density at radius 1 is 1.06 bits per heavy atom. The van der Waals surface area contributed by atoms with Gasteiger partial charge in [-0.3, -0.25) is 14.9 Å². The first-order valence-electron chi connectivity index (χ1n) is 9.69. The van der Waals surface area contributed by atoms with E-state index in [1.807, 2.05) is 0 Å². The molecule has 0 atom stereocenters. The Morgan fingerprint density at radius 2 is 1.81 bits per heavy atom.